The van der Waals surface area contributed by atoms with Gasteiger partial charge in [0.05, 0.1) is 11.5 Å². The summed E-state index contributed by atoms with van der Waals surface area (Å²) in [7, 11) is 2.01. The molecule has 0 saturated carbocycles. The zero-order chi connectivity index (χ0) is 15.1. The molecule has 0 fully saturated rings. The van der Waals surface area contributed by atoms with Crippen molar-refractivity contribution in [2.75, 3.05) is 13.6 Å². The molecule has 21 heavy (non-hydrogen) atoms. The molecule has 0 N–H and O–H groups in total. The Morgan fingerprint density at radius 1 is 1.10 bits per heavy atom. The topological polar surface area (TPSA) is 46.4 Å². The van der Waals surface area contributed by atoms with Crippen LogP contribution in [-0.4, -0.2) is 23.4 Å². The third kappa shape index (κ3) is 4.75. The van der Waals surface area contributed by atoms with Crippen LogP contribution in [0.3, 0.4) is 0 Å². The first-order valence-corrected chi connectivity index (χ1v) is 6.61. The number of benzene rings is 2. The normalized spacial score (nSPS) is 10.0. The van der Waals surface area contributed by atoms with Gasteiger partial charge in [0, 0.05) is 24.2 Å². The molecule has 0 radical (unpaired) electrons. The molecule has 2 rings (SSSR count). The Kier molecular flexibility index (Phi) is 5.08. The van der Waals surface area contributed by atoms with E-state index in [1.165, 1.54) is 17.7 Å². The van der Waals surface area contributed by atoms with Crippen LogP contribution in [0.25, 0.3) is 0 Å². The van der Waals surface area contributed by atoms with Crippen LogP contribution < -0.4 is 0 Å². The maximum atomic E-state index is 10.6. The summed E-state index contributed by atoms with van der Waals surface area (Å²) in [6, 6.07) is 16.5. The van der Waals surface area contributed by atoms with Crippen LogP contribution in [0.15, 0.2) is 54.6 Å². The molecule has 0 aromatic heterocycles. The average molecular weight is 280 g/mol. The highest BCUT2D eigenvalue weighted by molar-refractivity contribution is 5.41. The number of hydrogen-bond donors (Lipinski definition) is 0. The van der Waals surface area contributed by atoms with Crippen LogP contribution in [0.4, 0.5) is 5.69 Å². The van der Waals surface area contributed by atoms with Crippen LogP contribution >= 0.6 is 0 Å². The van der Waals surface area contributed by atoms with Gasteiger partial charge in [0.1, 0.15) is 0 Å². The van der Waals surface area contributed by atoms with E-state index in [0.29, 0.717) is 6.54 Å². The van der Waals surface area contributed by atoms with Gasteiger partial charge in [-0.25, -0.2) is 0 Å². The Hall–Kier alpha value is -2.64. The first kappa shape index (κ1) is 14.8. The second kappa shape index (κ2) is 7.22. The lowest BCUT2D eigenvalue weighted by molar-refractivity contribution is -0.384. The second-order valence-electron chi connectivity index (χ2n) is 4.76. The zero-order valence-corrected chi connectivity index (χ0v) is 11.8. The predicted octanol–water partition coefficient (Wildman–Crippen LogP) is 3.08. The highest BCUT2D eigenvalue weighted by Crippen LogP contribution is 2.10. The molecule has 2 aromatic rings. The summed E-state index contributed by atoms with van der Waals surface area (Å²) in [5.41, 5.74) is 2.12. The van der Waals surface area contributed by atoms with E-state index in [1.807, 2.05) is 25.2 Å². The molecule has 2 aromatic carbocycles. The van der Waals surface area contributed by atoms with Gasteiger partial charge in [-0.3, -0.25) is 15.0 Å². The first-order chi connectivity index (χ1) is 10.1. The van der Waals surface area contributed by atoms with Crippen molar-refractivity contribution in [2.24, 2.45) is 0 Å². The Morgan fingerprint density at radius 2 is 1.76 bits per heavy atom. The molecule has 0 aliphatic rings. The lowest BCUT2D eigenvalue weighted by atomic mass is 10.2. The van der Waals surface area contributed by atoms with Gasteiger partial charge in [-0.15, -0.1) is 0 Å². The molecule has 0 amide bonds. The van der Waals surface area contributed by atoms with Gasteiger partial charge in [-0.1, -0.05) is 42.2 Å². The van der Waals surface area contributed by atoms with Gasteiger partial charge in [0.25, 0.3) is 5.69 Å². The fourth-order valence-electron chi connectivity index (χ4n) is 1.89. The Bertz CT molecular complexity index is 655. The van der Waals surface area contributed by atoms with E-state index in [2.05, 4.69) is 28.9 Å². The highest BCUT2D eigenvalue weighted by Gasteiger charge is 2.02. The van der Waals surface area contributed by atoms with Crippen LogP contribution in [0.2, 0.25) is 0 Å². The highest BCUT2D eigenvalue weighted by atomic mass is 16.6. The molecule has 0 spiro atoms. The van der Waals surface area contributed by atoms with Crippen molar-refractivity contribution in [3.8, 4) is 11.8 Å². The van der Waals surface area contributed by atoms with Gasteiger partial charge >= 0.3 is 0 Å². The Morgan fingerprint density at radius 3 is 2.38 bits per heavy atom. The monoisotopic (exact) mass is 280 g/mol. The van der Waals surface area contributed by atoms with Crippen molar-refractivity contribution >= 4 is 5.69 Å². The number of rotatable bonds is 4. The van der Waals surface area contributed by atoms with Crippen LogP contribution in [0.1, 0.15) is 11.1 Å². The maximum absolute atomic E-state index is 10.6. The first-order valence-electron chi connectivity index (χ1n) is 6.61. The molecular formula is C17H16N2O2. The molecule has 4 heteroatoms. The average Bonchev–Trinajstić information content (AvgIpc) is 2.49. The van der Waals surface area contributed by atoms with Crippen molar-refractivity contribution in [1.82, 2.24) is 4.90 Å². The van der Waals surface area contributed by atoms with Gasteiger partial charge < -0.3 is 0 Å². The van der Waals surface area contributed by atoms with Crippen molar-refractivity contribution in [3.63, 3.8) is 0 Å². The standard InChI is InChI=1S/C17H16N2O2/c1-18(14-16-6-3-2-4-7-16)13-5-8-15-9-11-17(12-10-15)19(20)21/h2-4,6-7,9-12H,13-14H2,1H3. The lowest BCUT2D eigenvalue weighted by Gasteiger charge is -2.12. The molecule has 0 bridgehead atoms. The van der Waals surface area contributed by atoms with Gasteiger partial charge in [0.15, 0.2) is 0 Å². The number of nitro groups is 1. The van der Waals surface area contributed by atoms with Gasteiger partial charge in [-0.2, -0.15) is 0 Å². The molecule has 0 atom stereocenters. The largest absolute Gasteiger partial charge is 0.291 e. The van der Waals surface area contributed by atoms with Gasteiger partial charge in [0.2, 0.25) is 0 Å². The number of hydrogen-bond acceptors (Lipinski definition) is 3. The third-order valence-electron chi connectivity index (χ3n) is 2.96. The van der Waals surface area contributed by atoms with Crippen molar-refractivity contribution < 1.29 is 4.92 Å². The summed E-state index contributed by atoms with van der Waals surface area (Å²) in [5, 5.41) is 10.6. The Balaban J connectivity index is 1.89. The minimum absolute atomic E-state index is 0.0849. The number of nitrogens with zero attached hydrogens (tertiary/aromatic N) is 2. The van der Waals surface area contributed by atoms with E-state index in [-0.39, 0.29) is 5.69 Å². The molecule has 106 valence electrons. The molecule has 0 aliphatic heterocycles. The molecule has 0 unspecified atom stereocenters. The summed E-state index contributed by atoms with van der Waals surface area (Å²) in [4.78, 5) is 12.3. The molecule has 0 aliphatic carbocycles. The fraction of sp³-hybridized carbons (Fsp3) is 0.176. The molecule has 0 heterocycles. The smallest absolute Gasteiger partial charge is 0.269 e. The molecular weight excluding hydrogens is 264 g/mol. The van der Waals surface area contributed by atoms with Crippen molar-refractivity contribution in [1.29, 1.82) is 0 Å². The van der Waals surface area contributed by atoms with Crippen LogP contribution in [0, 0.1) is 22.0 Å². The minimum Gasteiger partial charge on any atom is -0.291 e. The minimum atomic E-state index is -0.412. The zero-order valence-electron chi connectivity index (χ0n) is 11.8. The quantitative estimate of drug-likeness (QED) is 0.491. The Labute approximate surface area is 124 Å². The summed E-state index contributed by atoms with van der Waals surface area (Å²) in [6.45, 7) is 1.49. The summed E-state index contributed by atoms with van der Waals surface area (Å²) in [5.74, 6) is 6.09. The van der Waals surface area contributed by atoms with E-state index in [1.54, 1.807) is 12.1 Å². The van der Waals surface area contributed by atoms with Crippen LogP contribution in [-0.2, 0) is 6.54 Å². The molecule has 4 nitrogen and oxygen atoms in total. The third-order valence-corrected chi connectivity index (χ3v) is 2.96. The van der Waals surface area contributed by atoms with Gasteiger partial charge in [-0.05, 0) is 24.7 Å². The van der Waals surface area contributed by atoms with Crippen LogP contribution in [0.5, 0.6) is 0 Å². The lowest BCUT2D eigenvalue weighted by Crippen LogP contribution is -2.17. The molecule has 0 saturated heterocycles. The summed E-state index contributed by atoms with van der Waals surface area (Å²) < 4.78 is 0. The predicted molar refractivity (Wildman–Crippen MR) is 82.8 cm³/mol. The van der Waals surface area contributed by atoms with E-state index in [0.717, 1.165) is 12.1 Å². The van der Waals surface area contributed by atoms with Crippen molar-refractivity contribution in [3.05, 3.63) is 75.8 Å². The maximum Gasteiger partial charge on any atom is 0.269 e. The van der Waals surface area contributed by atoms with E-state index in [9.17, 15) is 10.1 Å². The van der Waals surface area contributed by atoms with Crippen molar-refractivity contribution in [2.45, 2.75) is 6.54 Å². The van der Waals surface area contributed by atoms with E-state index in [4.69, 9.17) is 0 Å². The second-order valence-corrected chi connectivity index (χ2v) is 4.76. The van der Waals surface area contributed by atoms with E-state index >= 15 is 0 Å². The number of non-ortho nitro benzene ring substituents is 1. The summed E-state index contributed by atoms with van der Waals surface area (Å²) in [6.07, 6.45) is 0. The fourth-order valence-corrected chi connectivity index (χ4v) is 1.89. The van der Waals surface area contributed by atoms with E-state index < -0.39 is 4.92 Å². The SMILES string of the molecule is CN(CC#Cc1ccc([N+](=O)[O-])cc1)Cc1ccccc1. The summed E-state index contributed by atoms with van der Waals surface area (Å²) >= 11 is 0. The number of nitro benzene ring substituents is 1.